The number of thiazole rings is 1. The maximum atomic E-state index is 5.55. The van der Waals surface area contributed by atoms with Crippen LogP contribution in [-0.4, -0.2) is 24.2 Å². The highest BCUT2D eigenvalue weighted by Crippen LogP contribution is 2.31. The topological polar surface area (TPSA) is 43.4 Å². The SMILES string of the molecule is COc1ccc(OC)c(NC(=S)c2nc3c(C)cc(C)cc3s2)c1. The molecule has 6 heteroatoms. The number of anilines is 1. The van der Waals surface area contributed by atoms with Crippen molar-refractivity contribution in [1.29, 1.82) is 0 Å². The molecule has 0 bridgehead atoms. The van der Waals surface area contributed by atoms with Gasteiger partial charge >= 0.3 is 0 Å². The Balaban J connectivity index is 1.94. The molecule has 1 N–H and O–H groups in total. The van der Waals surface area contributed by atoms with Crippen molar-refractivity contribution >= 4 is 44.4 Å². The van der Waals surface area contributed by atoms with Gasteiger partial charge < -0.3 is 14.8 Å². The molecule has 1 aromatic heterocycles. The fraction of sp³-hybridized carbons (Fsp3) is 0.222. The Bertz CT molecular complexity index is 919. The minimum Gasteiger partial charge on any atom is -0.497 e. The van der Waals surface area contributed by atoms with Crippen LogP contribution in [-0.2, 0) is 0 Å². The number of aromatic nitrogens is 1. The van der Waals surface area contributed by atoms with E-state index in [1.54, 1.807) is 25.6 Å². The van der Waals surface area contributed by atoms with Crippen molar-refractivity contribution < 1.29 is 9.47 Å². The zero-order valence-corrected chi connectivity index (χ0v) is 15.6. The smallest absolute Gasteiger partial charge is 0.152 e. The van der Waals surface area contributed by atoms with Crippen molar-refractivity contribution in [2.24, 2.45) is 0 Å². The summed E-state index contributed by atoms with van der Waals surface area (Å²) in [6, 6.07) is 9.81. The first kappa shape index (κ1) is 16.7. The molecule has 3 rings (SSSR count). The van der Waals surface area contributed by atoms with Crippen LogP contribution in [0.3, 0.4) is 0 Å². The quantitative estimate of drug-likeness (QED) is 0.684. The molecule has 0 aliphatic rings. The van der Waals surface area contributed by atoms with Crippen molar-refractivity contribution in [3.05, 3.63) is 46.5 Å². The van der Waals surface area contributed by atoms with Crippen molar-refractivity contribution in [1.82, 2.24) is 4.98 Å². The van der Waals surface area contributed by atoms with Crippen molar-refractivity contribution in [2.45, 2.75) is 13.8 Å². The number of nitrogens with zero attached hydrogens (tertiary/aromatic N) is 1. The second-order valence-corrected chi connectivity index (χ2v) is 6.91. The maximum absolute atomic E-state index is 5.55. The minimum absolute atomic E-state index is 0.569. The van der Waals surface area contributed by atoms with Crippen LogP contribution >= 0.6 is 23.6 Å². The van der Waals surface area contributed by atoms with E-state index in [0.29, 0.717) is 10.7 Å². The number of fused-ring (bicyclic) bond motifs is 1. The van der Waals surface area contributed by atoms with Gasteiger partial charge in [-0.15, -0.1) is 11.3 Å². The lowest BCUT2D eigenvalue weighted by atomic mass is 10.1. The van der Waals surface area contributed by atoms with Crippen LogP contribution in [0.15, 0.2) is 30.3 Å². The Kier molecular flexibility index (Phi) is 4.69. The number of benzene rings is 2. The normalized spacial score (nSPS) is 10.7. The van der Waals surface area contributed by atoms with E-state index in [9.17, 15) is 0 Å². The first-order chi connectivity index (χ1) is 11.5. The van der Waals surface area contributed by atoms with Crippen LogP contribution in [0, 0.1) is 13.8 Å². The average molecular weight is 358 g/mol. The molecular formula is C18H18N2O2S2. The summed E-state index contributed by atoms with van der Waals surface area (Å²) in [5.41, 5.74) is 4.15. The van der Waals surface area contributed by atoms with Crippen molar-refractivity contribution in [3.8, 4) is 11.5 Å². The van der Waals surface area contributed by atoms with E-state index in [1.165, 1.54) is 5.56 Å². The van der Waals surface area contributed by atoms with E-state index in [-0.39, 0.29) is 0 Å². The fourth-order valence-corrected chi connectivity index (χ4v) is 3.87. The van der Waals surface area contributed by atoms with Crippen LogP contribution in [0.25, 0.3) is 10.2 Å². The molecule has 0 saturated heterocycles. The van der Waals surface area contributed by atoms with Crippen LogP contribution < -0.4 is 14.8 Å². The third-order valence-corrected chi connectivity index (χ3v) is 5.12. The van der Waals surface area contributed by atoms with Crippen LogP contribution in [0.2, 0.25) is 0 Å². The molecule has 4 nitrogen and oxygen atoms in total. The van der Waals surface area contributed by atoms with E-state index < -0.39 is 0 Å². The summed E-state index contributed by atoms with van der Waals surface area (Å²) >= 11 is 7.14. The molecule has 2 aromatic carbocycles. The molecule has 24 heavy (non-hydrogen) atoms. The zero-order chi connectivity index (χ0) is 17.3. The van der Waals surface area contributed by atoms with Crippen molar-refractivity contribution in [2.75, 3.05) is 19.5 Å². The highest BCUT2D eigenvalue weighted by Gasteiger charge is 2.13. The fourth-order valence-electron chi connectivity index (χ4n) is 2.56. The molecule has 0 aliphatic heterocycles. The summed E-state index contributed by atoms with van der Waals surface area (Å²) in [7, 11) is 3.25. The average Bonchev–Trinajstić information content (AvgIpc) is 2.99. The second kappa shape index (κ2) is 6.75. The van der Waals surface area contributed by atoms with Gasteiger partial charge in [-0.3, -0.25) is 0 Å². The summed E-state index contributed by atoms with van der Waals surface area (Å²) in [6.45, 7) is 4.16. The predicted molar refractivity (Wildman–Crippen MR) is 104 cm³/mol. The number of hydrogen-bond donors (Lipinski definition) is 1. The first-order valence-corrected chi connectivity index (χ1v) is 8.65. The molecule has 124 valence electrons. The lowest BCUT2D eigenvalue weighted by molar-refractivity contribution is 0.405. The Labute approximate surface area is 150 Å². The number of thiocarbonyl (C=S) groups is 1. The summed E-state index contributed by atoms with van der Waals surface area (Å²) < 4.78 is 11.8. The Morgan fingerprint density at radius 2 is 1.92 bits per heavy atom. The van der Waals surface area contributed by atoms with Crippen LogP contribution in [0.4, 0.5) is 5.69 Å². The van der Waals surface area contributed by atoms with Crippen LogP contribution in [0.5, 0.6) is 11.5 Å². The predicted octanol–water partition coefficient (Wildman–Crippen LogP) is 4.72. The van der Waals surface area contributed by atoms with Gasteiger partial charge in [0, 0.05) is 6.07 Å². The van der Waals surface area contributed by atoms with Gasteiger partial charge in [-0.05, 0) is 43.2 Å². The van der Waals surface area contributed by atoms with Gasteiger partial charge in [0.25, 0.3) is 0 Å². The number of ether oxygens (including phenoxy) is 2. The summed E-state index contributed by atoms with van der Waals surface area (Å²) in [4.78, 5) is 5.26. The second-order valence-electron chi connectivity index (χ2n) is 5.47. The molecule has 0 radical (unpaired) electrons. The van der Waals surface area contributed by atoms with E-state index >= 15 is 0 Å². The van der Waals surface area contributed by atoms with Gasteiger partial charge in [-0.2, -0.15) is 0 Å². The highest BCUT2D eigenvalue weighted by atomic mass is 32.1. The van der Waals surface area contributed by atoms with E-state index in [1.807, 2.05) is 18.2 Å². The van der Waals surface area contributed by atoms with Gasteiger partial charge in [-0.1, -0.05) is 18.3 Å². The highest BCUT2D eigenvalue weighted by molar-refractivity contribution is 7.81. The minimum atomic E-state index is 0.569. The molecule has 0 aliphatic carbocycles. The summed E-state index contributed by atoms with van der Waals surface area (Å²) in [6.07, 6.45) is 0. The van der Waals surface area contributed by atoms with E-state index in [4.69, 9.17) is 26.7 Å². The largest absolute Gasteiger partial charge is 0.497 e. The number of methoxy groups -OCH3 is 2. The maximum Gasteiger partial charge on any atom is 0.152 e. The standard InChI is InChI=1S/C18H18N2O2S2/c1-10-7-11(2)16-15(8-10)24-18(20-16)17(23)19-13-9-12(21-3)5-6-14(13)22-4/h5-9H,1-4H3,(H,19,23). The van der Waals surface area contributed by atoms with E-state index in [0.717, 1.165) is 32.2 Å². The van der Waals surface area contributed by atoms with E-state index in [2.05, 4.69) is 31.3 Å². The molecule has 3 aromatic rings. The third-order valence-electron chi connectivity index (χ3n) is 3.68. The monoisotopic (exact) mass is 358 g/mol. The molecule has 0 atom stereocenters. The molecule has 0 fully saturated rings. The van der Waals surface area contributed by atoms with Gasteiger partial charge in [0.2, 0.25) is 0 Å². The third kappa shape index (κ3) is 3.20. The summed E-state index contributed by atoms with van der Waals surface area (Å²) in [5.74, 6) is 1.43. The van der Waals surface area contributed by atoms with Crippen LogP contribution in [0.1, 0.15) is 16.1 Å². The summed E-state index contributed by atoms with van der Waals surface area (Å²) in [5, 5.41) is 4.01. The lowest BCUT2D eigenvalue weighted by Gasteiger charge is -2.12. The van der Waals surface area contributed by atoms with Crippen molar-refractivity contribution in [3.63, 3.8) is 0 Å². The van der Waals surface area contributed by atoms with Gasteiger partial charge in [0.05, 0.1) is 30.1 Å². The van der Waals surface area contributed by atoms with Gasteiger partial charge in [-0.25, -0.2) is 4.98 Å². The Morgan fingerprint density at radius 3 is 2.62 bits per heavy atom. The first-order valence-electron chi connectivity index (χ1n) is 7.43. The number of nitrogens with one attached hydrogen (secondary N) is 1. The molecule has 0 spiro atoms. The molecular weight excluding hydrogens is 340 g/mol. The Hall–Kier alpha value is -2.18. The molecule has 0 unspecified atom stereocenters. The van der Waals surface area contributed by atoms with Gasteiger partial charge in [0.15, 0.2) is 5.01 Å². The number of aryl methyl sites for hydroxylation is 2. The molecule has 1 heterocycles. The number of hydrogen-bond acceptors (Lipinski definition) is 5. The lowest BCUT2D eigenvalue weighted by Crippen LogP contribution is -2.11. The zero-order valence-electron chi connectivity index (χ0n) is 14.0. The Morgan fingerprint density at radius 1 is 1.12 bits per heavy atom. The molecule has 0 saturated carbocycles. The number of rotatable bonds is 4. The van der Waals surface area contributed by atoms with Gasteiger partial charge in [0.1, 0.15) is 16.5 Å². The molecule has 0 amide bonds.